The van der Waals surface area contributed by atoms with Crippen molar-refractivity contribution in [2.24, 2.45) is 0 Å². The smallest absolute Gasteiger partial charge is 0.213 e. The Kier molecular flexibility index (Phi) is 5.00. The van der Waals surface area contributed by atoms with Crippen LogP contribution >= 0.6 is 0 Å². The van der Waals surface area contributed by atoms with Gasteiger partial charge in [-0.2, -0.15) is 0 Å². The maximum absolute atomic E-state index is 5.68. The van der Waals surface area contributed by atoms with E-state index in [4.69, 9.17) is 9.47 Å². The van der Waals surface area contributed by atoms with E-state index < -0.39 is 0 Å². The van der Waals surface area contributed by atoms with Gasteiger partial charge < -0.3 is 14.8 Å². The lowest BCUT2D eigenvalue weighted by Crippen LogP contribution is -2.22. The average molecular weight is 278 g/mol. The zero-order valence-electron chi connectivity index (χ0n) is 13.0. The fourth-order valence-corrected chi connectivity index (χ4v) is 1.93. The molecule has 4 nitrogen and oxygen atoms in total. The highest BCUT2D eigenvalue weighted by Gasteiger charge is 2.20. The van der Waals surface area contributed by atoms with Gasteiger partial charge in [-0.05, 0) is 52.2 Å². The van der Waals surface area contributed by atoms with E-state index in [0.29, 0.717) is 25.1 Å². The van der Waals surface area contributed by atoms with Crippen LogP contribution in [0.2, 0.25) is 0 Å². The Hall–Kier alpha value is -1.13. The summed E-state index contributed by atoms with van der Waals surface area (Å²) in [6.07, 6.45) is 2.61. The van der Waals surface area contributed by atoms with Crippen molar-refractivity contribution < 1.29 is 9.47 Å². The Balaban J connectivity index is 1.80. The molecule has 112 valence electrons. The molecule has 1 aromatic rings. The minimum absolute atomic E-state index is 0.122. The molecule has 1 aromatic heterocycles. The highest BCUT2D eigenvalue weighted by molar-refractivity contribution is 5.24. The second-order valence-electron chi connectivity index (χ2n) is 6.42. The molecule has 0 bridgehead atoms. The molecular weight excluding hydrogens is 252 g/mol. The van der Waals surface area contributed by atoms with Crippen LogP contribution in [0.25, 0.3) is 0 Å². The Morgan fingerprint density at radius 1 is 1.25 bits per heavy atom. The first-order chi connectivity index (χ1) is 9.42. The number of hydrogen-bond donors (Lipinski definition) is 1. The molecule has 0 saturated heterocycles. The summed E-state index contributed by atoms with van der Waals surface area (Å²) in [6.45, 7) is 10.1. The second kappa shape index (κ2) is 6.55. The quantitative estimate of drug-likeness (QED) is 0.779. The Bertz CT molecular complexity index is 437. The Morgan fingerprint density at radius 2 is 2.00 bits per heavy atom. The normalized spacial score (nSPS) is 15.4. The van der Waals surface area contributed by atoms with Gasteiger partial charge in [0.05, 0.1) is 12.2 Å². The summed E-state index contributed by atoms with van der Waals surface area (Å²) in [7, 11) is 0. The minimum Gasteiger partial charge on any atom is -0.475 e. The lowest BCUT2D eigenvalue weighted by Gasteiger charge is -2.19. The van der Waals surface area contributed by atoms with Gasteiger partial charge in [0.2, 0.25) is 5.88 Å². The van der Waals surface area contributed by atoms with Gasteiger partial charge in [0, 0.05) is 24.3 Å². The molecular formula is C16H26N2O2. The first-order valence-electron chi connectivity index (χ1n) is 7.40. The van der Waals surface area contributed by atoms with Crippen molar-refractivity contribution in [3.8, 4) is 5.88 Å². The Morgan fingerprint density at radius 3 is 2.65 bits per heavy atom. The molecule has 0 aliphatic heterocycles. The predicted octanol–water partition coefficient (Wildman–Crippen LogP) is 2.84. The third kappa shape index (κ3) is 5.88. The second-order valence-corrected chi connectivity index (χ2v) is 6.42. The van der Waals surface area contributed by atoms with E-state index in [1.165, 1.54) is 18.4 Å². The lowest BCUT2D eigenvalue weighted by atomic mass is 10.2. The van der Waals surface area contributed by atoms with Crippen molar-refractivity contribution in [2.75, 3.05) is 13.2 Å². The van der Waals surface area contributed by atoms with Crippen molar-refractivity contribution in [1.29, 1.82) is 0 Å². The molecule has 4 heteroatoms. The molecule has 0 atom stereocenters. The van der Waals surface area contributed by atoms with Crippen LogP contribution in [-0.2, 0) is 11.3 Å². The molecule has 1 saturated carbocycles. The van der Waals surface area contributed by atoms with Crippen molar-refractivity contribution >= 4 is 0 Å². The third-order valence-corrected chi connectivity index (χ3v) is 3.03. The van der Waals surface area contributed by atoms with Crippen LogP contribution in [0.15, 0.2) is 12.1 Å². The number of aryl methyl sites for hydroxylation is 1. The number of aromatic nitrogens is 1. The standard InChI is InChI=1S/C16H26N2O2/c1-12-9-13(11-17-14-5-6-14)10-15(18-12)19-7-8-20-16(2,3)4/h9-10,14,17H,5-8,11H2,1-4H3. The van der Waals surface area contributed by atoms with Gasteiger partial charge in [-0.3, -0.25) is 0 Å². The van der Waals surface area contributed by atoms with E-state index in [0.717, 1.165) is 12.2 Å². The molecule has 0 aromatic carbocycles. The number of pyridine rings is 1. The van der Waals surface area contributed by atoms with Gasteiger partial charge in [0.15, 0.2) is 0 Å². The predicted molar refractivity (Wildman–Crippen MR) is 80.0 cm³/mol. The van der Waals surface area contributed by atoms with Gasteiger partial charge in [0.1, 0.15) is 6.61 Å². The van der Waals surface area contributed by atoms with Crippen molar-refractivity contribution in [2.45, 2.75) is 58.7 Å². The summed E-state index contributed by atoms with van der Waals surface area (Å²) < 4.78 is 11.3. The van der Waals surface area contributed by atoms with Gasteiger partial charge >= 0.3 is 0 Å². The molecule has 0 unspecified atom stereocenters. The van der Waals surface area contributed by atoms with Crippen LogP contribution in [0, 0.1) is 6.92 Å². The molecule has 1 aliphatic rings. The zero-order chi connectivity index (χ0) is 14.6. The van der Waals surface area contributed by atoms with E-state index in [1.807, 2.05) is 33.8 Å². The molecule has 0 amide bonds. The van der Waals surface area contributed by atoms with Crippen LogP contribution in [0.3, 0.4) is 0 Å². The summed E-state index contributed by atoms with van der Waals surface area (Å²) in [5.74, 6) is 0.690. The molecule has 1 aliphatic carbocycles. The van der Waals surface area contributed by atoms with E-state index >= 15 is 0 Å². The molecule has 0 radical (unpaired) electrons. The molecule has 1 heterocycles. The number of hydrogen-bond acceptors (Lipinski definition) is 4. The van der Waals surface area contributed by atoms with Gasteiger partial charge in [0.25, 0.3) is 0 Å². The first-order valence-corrected chi connectivity index (χ1v) is 7.40. The fourth-order valence-electron chi connectivity index (χ4n) is 1.93. The van der Waals surface area contributed by atoms with Crippen LogP contribution in [-0.4, -0.2) is 29.8 Å². The SMILES string of the molecule is Cc1cc(CNC2CC2)cc(OCCOC(C)(C)C)n1. The summed E-state index contributed by atoms with van der Waals surface area (Å²) in [5, 5.41) is 3.51. The number of nitrogens with zero attached hydrogens (tertiary/aromatic N) is 1. The monoisotopic (exact) mass is 278 g/mol. The van der Waals surface area contributed by atoms with Crippen molar-refractivity contribution in [1.82, 2.24) is 10.3 Å². The Labute approximate surface area is 121 Å². The van der Waals surface area contributed by atoms with E-state index in [2.05, 4.69) is 16.4 Å². The van der Waals surface area contributed by atoms with E-state index in [1.54, 1.807) is 0 Å². The largest absolute Gasteiger partial charge is 0.475 e. The minimum atomic E-state index is -0.122. The first kappa shape index (κ1) is 15.3. The molecule has 1 N–H and O–H groups in total. The topological polar surface area (TPSA) is 43.4 Å². The zero-order valence-corrected chi connectivity index (χ0v) is 13.0. The maximum atomic E-state index is 5.68. The van der Waals surface area contributed by atoms with Crippen molar-refractivity contribution in [3.05, 3.63) is 23.4 Å². The lowest BCUT2D eigenvalue weighted by molar-refractivity contribution is -0.0168. The van der Waals surface area contributed by atoms with Crippen LogP contribution < -0.4 is 10.1 Å². The van der Waals surface area contributed by atoms with Gasteiger partial charge in [-0.1, -0.05) is 0 Å². The molecule has 2 rings (SSSR count). The third-order valence-electron chi connectivity index (χ3n) is 3.03. The van der Waals surface area contributed by atoms with Crippen molar-refractivity contribution in [3.63, 3.8) is 0 Å². The molecule has 1 fully saturated rings. The molecule has 0 spiro atoms. The highest BCUT2D eigenvalue weighted by atomic mass is 16.5. The summed E-state index contributed by atoms with van der Waals surface area (Å²) in [4.78, 5) is 4.41. The summed E-state index contributed by atoms with van der Waals surface area (Å²) in [6, 6.07) is 4.83. The summed E-state index contributed by atoms with van der Waals surface area (Å²) >= 11 is 0. The number of rotatable bonds is 7. The van der Waals surface area contributed by atoms with E-state index in [9.17, 15) is 0 Å². The van der Waals surface area contributed by atoms with Crippen LogP contribution in [0.5, 0.6) is 5.88 Å². The highest BCUT2D eigenvalue weighted by Crippen LogP contribution is 2.20. The fraction of sp³-hybridized carbons (Fsp3) is 0.688. The number of ether oxygens (including phenoxy) is 2. The van der Waals surface area contributed by atoms with Crippen LogP contribution in [0.4, 0.5) is 0 Å². The average Bonchev–Trinajstić information content (AvgIpc) is 3.14. The maximum Gasteiger partial charge on any atom is 0.213 e. The summed E-state index contributed by atoms with van der Waals surface area (Å²) in [5.41, 5.74) is 2.10. The van der Waals surface area contributed by atoms with E-state index in [-0.39, 0.29) is 5.60 Å². The van der Waals surface area contributed by atoms with Gasteiger partial charge in [-0.25, -0.2) is 4.98 Å². The molecule has 20 heavy (non-hydrogen) atoms. The number of nitrogens with one attached hydrogen (secondary N) is 1. The van der Waals surface area contributed by atoms with Gasteiger partial charge in [-0.15, -0.1) is 0 Å². The van der Waals surface area contributed by atoms with Crippen LogP contribution in [0.1, 0.15) is 44.9 Å².